The number of rotatable bonds is 4. The minimum absolute atomic E-state index is 0.405. The molecule has 13 heavy (non-hydrogen) atoms. The number of carboxylic acid groups (broad SMARTS) is 3. The van der Waals surface area contributed by atoms with E-state index in [1.807, 2.05) is 0 Å². The van der Waals surface area contributed by atoms with Crippen molar-refractivity contribution in [3.05, 3.63) is 23.8 Å². The molecule has 0 bridgehead atoms. The Hall–Kier alpha value is -2.11. The average molecular weight is 186 g/mol. The van der Waals surface area contributed by atoms with Gasteiger partial charge in [0.15, 0.2) is 0 Å². The number of hydrogen-bond donors (Lipinski definition) is 3. The molecule has 0 aliphatic carbocycles. The summed E-state index contributed by atoms with van der Waals surface area (Å²) in [6, 6.07) is 0. The van der Waals surface area contributed by atoms with Gasteiger partial charge >= 0.3 is 17.9 Å². The molecule has 0 atom stereocenters. The lowest BCUT2D eigenvalue weighted by molar-refractivity contribution is -0.134. The fourth-order valence-corrected chi connectivity index (χ4v) is 0.475. The van der Waals surface area contributed by atoms with Gasteiger partial charge in [-0.25, -0.2) is 14.4 Å². The summed E-state index contributed by atoms with van der Waals surface area (Å²) in [5.74, 6) is -4.30. The number of hydrogen-bond acceptors (Lipinski definition) is 3. The molecule has 0 aliphatic heterocycles. The highest BCUT2D eigenvalue weighted by Crippen LogP contribution is 1.96. The summed E-state index contributed by atoms with van der Waals surface area (Å²) in [5, 5.41) is 24.7. The molecule has 0 amide bonds. The molecule has 0 rings (SSSR count). The molecular formula is C7H6O6. The van der Waals surface area contributed by atoms with E-state index in [1.54, 1.807) is 0 Å². The second-order valence-corrected chi connectivity index (χ2v) is 1.91. The van der Waals surface area contributed by atoms with Gasteiger partial charge in [0, 0.05) is 12.2 Å². The van der Waals surface area contributed by atoms with E-state index >= 15 is 0 Å². The number of carboxylic acids is 3. The first-order valence-corrected chi connectivity index (χ1v) is 3.02. The summed E-state index contributed by atoms with van der Waals surface area (Å²) in [5.41, 5.74) is -0.602. The van der Waals surface area contributed by atoms with Crippen molar-refractivity contribution in [2.45, 2.75) is 0 Å². The lowest BCUT2D eigenvalue weighted by Gasteiger charge is -1.90. The monoisotopic (exact) mass is 186 g/mol. The van der Waals surface area contributed by atoms with Crippen LogP contribution in [-0.2, 0) is 14.4 Å². The molecule has 0 heterocycles. The Balaban J connectivity index is 4.74. The van der Waals surface area contributed by atoms with Gasteiger partial charge in [-0.2, -0.15) is 0 Å². The molecule has 70 valence electrons. The largest absolute Gasteiger partial charge is 0.478 e. The third-order valence-corrected chi connectivity index (χ3v) is 0.931. The molecule has 0 aromatic carbocycles. The molecule has 0 saturated carbocycles. The van der Waals surface area contributed by atoms with E-state index in [-0.39, 0.29) is 0 Å². The fourth-order valence-electron chi connectivity index (χ4n) is 0.475. The summed E-state index contributed by atoms with van der Waals surface area (Å²) in [6.07, 6.45) is 1.64. The minimum Gasteiger partial charge on any atom is -0.478 e. The molecule has 3 N–H and O–H groups in total. The van der Waals surface area contributed by atoms with Gasteiger partial charge in [-0.3, -0.25) is 0 Å². The summed E-state index contributed by atoms with van der Waals surface area (Å²) in [7, 11) is 0. The predicted octanol–water partition coefficient (Wildman–Crippen LogP) is -0.277. The van der Waals surface area contributed by atoms with Crippen molar-refractivity contribution in [2.24, 2.45) is 0 Å². The SMILES string of the molecule is O=C(O)/C=C\C(=C\C(=O)O)C(=O)O. The molecule has 0 saturated heterocycles. The Morgan fingerprint density at radius 2 is 1.38 bits per heavy atom. The van der Waals surface area contributed by atoms with Gasteiger partial charge in [0.25, 0.3) is 0 Å². The van der Waals surface area contributed by atoms with E-state index < -0.39 is 23.5 Å². The first-order valence-electron chi connectivity index (χ1n) is 3.02. The summed E-state index contributed by atoms with van der Waals surface area (Å²) >= 11 is 0. The lowest BCUT2D eigenvalue weighted by Crippen LogP contribution is -2.02. The zero-order valence-corrected chi connectivity index (χ0v) is 6.30. The fraction of sp³-hybridized carbons (Fsp3) is 0. The van der Waals surface area contributed by atoms with Crippen LogP contribution in [0.5, 0.6) is 0 Å². The van der Waals surface area contributed by atoms with Crippen molar-refractivity contribution in [3.63, 3.8) is 0 Å². The van der Waals surface area contributed by atoms with E-state index in [0.717, 1.165) is 0 Å². The van der Waals surface area contributed by atoms with Crippen LogP contribution in [0.3, 0.4) is 0 Å². The van der Waals surface area contributed by atoms with E-state index in [1.165, 1.54) is 0 Å². The highest BCUT2D eigenvalue weighted by molar-refractivity contribution is 5.98. The van der Waals surface area contributed by atoms with Crippen molar-refractivity contribution < 1.29 is 29.7 Å². The van der Waals surface area contributed by atoms with Crippen LogP contribution in [0.1, 0.15) is 0 Å². The minimum atomic E-state index is -1.50. The highest BCUT2D eigenvalue weighted by Gasteiger charge is 2.05. The predicted molar refractivity (Wildman–Crippen MR) is 40.1 cm³/mol. The van der Waals surface area contributed by atoms with Crippen LogP contribution in [0, 0.1) is 0 Å². The van der Waals surface area contributed by atoms with Gasteiger partial charge < -0.3 is 15.3 Å². The van der Waals surface area contributed by atoms with Crippen molar-refractivity contribution in [1.29, 1.82) is 0 Å². The average Bonchev–Trinajstić information content (AvgIpc) is 1.96. The molecule has 0 aliphatic rings. The number of carbonyl (C=O) groups is 3. The van der Waals surface area contributed by atoms with Crippen LogP contribution in [0.25, 0.3) is 0 Å². The Bertz CT molecular complexity index is 298. The first kappa shape index (κ1) is 10.9. The van der Waals surface area contributed by atoms with Gasteiger partial charge in [0.2, 0.25) is 0 Å². The van der Waals surface area contributed by atoms with Crippen molar-refractivity contribution in [2.75, 3.05) is 0 Å². The van der Waals surface area contributed by atoms with Crippen molar-refractivity contribution >= 4 is 17.9 Å². The van der Waals surface area contributed by atoms with Crippen LogP contribution in [0.15, 0.2) is 23.8 Å². The van der Waals surface area contributed by atoms with Crippen molar-refractivity contribution in [3.8, 4) is 0 Å². The second kappa shape index (κ2) is 4.70. The number of aliphatic carboxylic acids is 3. The van der Waals surface area contributed by atoms with Gasteiger partial charge in [-0.05, 0) is 6.08 Å². The van der Waals surface area contributed by atoms with Gasteiger partial charge in [0.05, 0.1) is 5.57 Å². The van der Waals surface area contributed by atoms with E-state index in [4.69, 9.17) is 15.3 Å². The molecule has 0 spiro atoms. The maximum absolute atomic E-state index is 10.3. The summed E-state index contributed by atoms with van der Waals surface area (Å²) in [6.45, 7) is 0. The zero-order valence-electron chi connectivity index (χ0n) is 6.30. The Kier molecular flexibility index (Phi) is 3.94. The Morgan fingerprint density at radius 1 is 0.846 bits per heavy atom. The quantitative estimate of drug-likeness (QED) is 0.411. The van der Waals surface area contributed by atoms with Crippen LogP contribution < -0.4 is 0 Å². The maximum atomic E-state index is 10.3. The van der Waals surface area contributed by atoms with Gasteiger partial charge in [0.1, 0.15) is 0 Å². The molecule has 0 fully saturated rings. The van der Waals surface area contributed by atoms with E-state index in [9.17, 15) is 14.4 Å². The smallest absolute Gasteiger partial charge is 0.335 e. The third kappa shape index (κ3) is 5.19. The van der Waals surface area contributed by atoms with Crippen LogP contribution in [0.4, 0.5) is 0 Å². The Labute approximate surface area is 72.4 Å². The Morgan fingerprint density at radius 3 is 1.69 bits per heavy atom. The second-order valence-electron chi connectivity index (χ2n) is 1.91. The molecule has 0 unspecified atom stereocenters. The van der Waals surface area contributed by atoms with Crippen LogP contribution in [-0.4, -0.2) is 33.2 Å². The zero-order chi connectivity index (χ0) is 10.4. The highest BCUT2D eigenvalue weighted by atomic mass is 16.4. The summed E-state index contributed by atoms with van der Waals surface area (Å²) in [4.78, 5) is 30.3. The topological polar surface area (TPSA) is 112 Å². The molecule has 0 radical (unpaired) electrons. The van der Waals surface area contributed by atoms with Gasteiger partial charge in [-0.1, -0.05) is 0 Å². The molecular weight excluding hydrogens is 180 g/mol. The normalized spacial score (nSPS) is 11.5. The van der Waals surface area contributed by atoms with Gasteiger partial charge in [-0.15, -0.1) is 0 Å². The van der Waals surface area contributed by atoms with Crippen molar-refractivity contribution in [1.82, 2.24) is 0 Å². The molecule has 0 aromatic rings. The first-order chi connectivity index (χ1) is 5.93. The van der Waals surface area contributed by atoms with Crippen LogP contribution in [0.2, 0.25) is 0 Å². The summed E-state index contributed by atoms with van der Waals surface area (Å²) < 4.78 is 0. The third-order valence-electron chi connectivity index (χ3n) is 0.931. The van der Waals surface area contributed by atoms with Crippen LogP contribution >= 0.6 is 0 Å². The molecule has 0 aromatic heterocycles. The van der Waals surface area contributed by atoms with E-state index in [2.05, 4.69) is 0 Å². The molecule has 6 heteroatoms. The van der Waals surface area contributed by atoms with E-state index in [0.29, 0.717) is 18.2 Å². The maximum Gasteiger partial charge on any atom is 0.335 e. The molecule has 6 nitrogen and oxygen atoms in total. The lowest BCUT2D eigenvalue weighted by atomic mass is 10.2. The standard InChI is InChI=1S/C7H6O6/c8-5(9)2-1-4(7(12)13)3-6(10)11/h1-3H,(H,8,9)(H,10,11)(H,12,13)/b2-1-,4-3-.